The first-order valence-corrected chi connectivity index (χ1v) is 9.10. The van der Waals surface area contributed by atoms with Crippen molar-refractivity contribution in [3.8, 4) is 22.3 Å². The Kier molecular flexibility index (Phi) is 3.68. The summed E-state index contributed by atoms with van der Waals surface area (Å²) in [6.07, 6.45) is 8.45. The van der Waals surface area contributed by atoms with Crippen LogP contribution in [-0.2, 0) is 6.42 Å². The highest BCUT2D eigenvalue weighted by molar-refractivity contribution is 6.00. The zero-order chi connectivity index (χ0) is 18.2. The molecule has 5 aromatic rings. The van der Waals surface area contributed by atoms with E-state index in [1.54, 1.807) is 12.4 Å². The molecule has 27 heavy (non-hydrogen) atoms. The molecule has 4 nitrogen and oxygen atoms in total. The first-order chi connectivity index (χ1) is 13.3. The summed E-state index contributed by atoms with van der Waals surface area (Å²) in [7, 11) is 0. The summed E-state index contributed by atoms with van der Waals surface area (Å²) >= 11 is 0. The maximum Gasteiger partial charge on any atom is 0.137 e. The summed E-state index contributed by atoms with van der Waals surface area (Å²) in [5.74, 6) is 0. The van der Waals surface area contributed by atoms with Gasteiger partial charge >= 0.3 is 0 Å². The van der Waals surface area contributed by atoms with Crippen LogP contribution in [-0.4, -0.2) is 19.9 Å². The zero-order valence-corrected chi connectivity index (χ0v) is 15.0. The van der Waals surface area contributed by atoms with Gasteiger partial charge in [0, 0.05) is 52.4 Å². The monoisotopic (exact) mass is 350 g/mol. The number of nitrogens with zero attached hydrogens (tertiary/aromatic N) is 3. The number of nitrogens with one attached hydrogen (secondary N) is 1. The second kappa shape index (κ2) is 6.32. The van der Waals surface area contributed by atoms with Gasteiger partial charge in [-0.2, -0.15) is 0 Å². The molecular weight excluding hydrogens is 332 g/mol. The van der Waals surface area contributed by atoms with Crippen LogP contribution < -0.4 is 0 Å². The predicted molar refractivity (Wildman–Crippen MR) is 109 cm³/mol. The van der Waals surface area contributed by atoms with Crippen LogP contribution in [0, 0.1) is 0 Å². The van der Waals surface area contributed by atoms with Gasteiger partial charge in [-0.3, -0.25) is 9.97 Å². The predicted octanol–water partition coefficient (Wildman–Crippen LogP) is 5.40. The minimum absolute atomic E-state index is 0.902. The lowest BCUT2D eigenvalue weighted by atomic mass is 9.97. The molecule has 130 valence electrons. The Hall–Kier alpha value is -3.53. The number of hydrogen-bond acceptors (Lipinski definition) is 3. The normalized spacial score (nSPS) is 11.3. The third-order valence-electron chi connectivity index (χ3n) is 4.96. The van der Waals surface area contributed by atoms with Crippen molar-refractivity contribution >= 4 is 21.9 Å². The second-order valence-electron chi connectivity index (χ2n) is 6.59. The molecule has 4 heteroatoms. The Morgan fingerprint density at radius 1 is 0.889 bits per heavy atom. The number of pyridine rings is 3. The Morgan fingerprint density at radius 2 is 1.81 bits per heavy atom. The van der Waals surface area contributed by atoms with E-state index in [0.29, 0.717) is 0 Å². The molecule has 1 N–H and O–H groups in total. The summed E-state index contributed by atoms with van der Waals surface area (Å²) in [6.45, 7) is 2.13. The van der Waals surface area contributed by atoms with E-state index >= 15 is 0 Å². The molecule has 4 aromatic heterocycles. The molecule has 0 aliphatic heterocycles. The summed E-state index contributed by atoms with van der Waals surface area (Å²) < 4.78 is 0. The van der Waals surface area contributed by atoms with Crippen molar-refractivity contribution in [1.29, 1.82) is 0 Å². The minimum atomic E-state index is 0.902. The quantitative estimate of drug-likeness (QED) is 0.474. The van der Waals surface area contributed by atoms with Gasteiger partial charge in [0.15, 0.2) is 0 Å². The Bertz CT molecular complexity index is 1260. The van der Waals surface area contributed by atoms with E-state index in [0.717, 1.165) is 50.7 Å². The van der Waals surface area contributed by atoms with Crippen molar-refractivity contribution in [2.45, 2.75) is 13.3 Å². The van der Waals surface area contributed by atoms with Crippen LogP contribution >= 0.6 is 0 Å². The molecule has 0 atom stereocenters. The summed E-state index contributed by atoms with van der Waals surface area (Å²) in [5.41, 5.74) is 7.58. The highest BCUT2D eigenvalue weighted by atomic mass is 14.8. The molecule has 0 amide bonds. The molecule has 0 bridgehead atoms. The summed E-state index contributed by atoms with van der Waals surface area (Å²) in [4.78, 5) is 16.8. The van der Waals surface area contributed by atoms with Crippen molar-refractivity contribution in [2.75, 3.05) is 0 Å². The van der Waals surface area contributed by atoms with Crippen LogP contribution in [0.1, 0.15) is 12.6 Å². The topological polar surface area (TPSA) is 54.5 Å². The number of hydrogen-bond donors (Lipinski definition) is 1. The van der Waals surface area contributed by atoms with Crippen LogP contribution in [0.25, 0.3) is 44.2 Å². The van der Waals surface area contributed by atoms with Gasteiger partial charge in [-0.25, -0.2) is 4.98 Å². The van der Waals surface area contributed by atoms with Gasteiger partial charge in [0.25, 0.3) is 0 Å². The van der Waals surface area contributed by atoms with Crippen LogP contribution in [0.2, 0.25) is 0 Å². The Morgan fingerprint density at radius 3 is 2.67 bits per heavy atom. The fraction of sp³-hybridized carbons (Fsp3) is 0.0870. The minimum Gasteiger partial charge on any atom is -0.346 e. The van der Waals surface area contributed by atoms with Crippen LogP contribution in [0.15, 0.2) is 73.3 Å². The van der Waals surface area contributed by atoms with Gasteiger partial charge in [-0.1, -0.05) is 19.1 Å². The number of rotatable bonds is 3. The van der Waals surface area contributed by atoms with Crippen molar-refractivity contribution in [2.24, 2.45) is 0 Å². The first kappa shape index (κ1) is 15.7. The average Bonchev–Trinajstić information content (AvgIpc) is 3.17. The maximum atomic E-state index is 4.82. The zero-order valence-electron chi connectivity index (χ0n) is 15.0. The fourth-order valence-electron chi connectivity index (χ4n) is 3.58. The van der Waals surface area contributed by atoms with Crippen LogP contribution in [0.5, 0.6) is 0 Å². The van der Waals surface area contributed by atoms with Gasteiger partial charge in [-0.15, -0.1) is 0 Å². The molecule has 0 aliphatic rings. The molecule has 0 saturated heterocycles. The SMILES string of the molecule is CCc1cc(-c2cccnc2)c2cc(-c3c[nH]c4ncccc34)ccc2n1. The molecule has 0 unspecified atom stereocenters. The van der Waals surface area contributed by atoms with Gasteiger partial charge in [-0.05, 0) is 53.9 Å². The van der Waals surface area contributed by atoms with Crippen molar-refractivity contribution in [1.82, 2.24) is 19.9 Å². The molecule has 0 fully saturated rings. The van der Waals surface area contributed by atoms with Gasteiger partial charge in [0.05, 0.1) is 5.52 Å². The number of benzene rings is 1. The molecule has 0 spiro atoms. The van der Waals surface area contributed by atoms with Crippen LogP contribution in [0.4, 0.5) is 0 Å². The van der Waals surface area contributed by atoms with E-state index in [2.05, 4.69) is 58.3 Å². The molecular formula is C23H18N4. The second-order valence-corrected chi connectivity index (χ2v) is 6.59. The lowest BCUT2D eigenvalue weighted by Crippen LogP contribution is -1.92. The largest absolute Gasteiger partial charge is 0.346 e. The van der Waals surface area contributed by atoms with E-state index in [4.69, 9.17) is 4.98 Å². The van der Waals surface area contributed by atoms with E-state index in [1.807, 2.05) is 24.5 Å². The van der Waals surface area contributed by atoms with Gasteiger partial charge < -0.3 is 4.98 Å². The first-order valence-electron chi connectivity index (χ1n) is 9.10. The standard InChI is InChI=1S/C23H18N4/c1-2-17-12-19(16-5-3-9-24-13-16)20-11-15(7-8-22(20)27-17)21-14-26-23-18(21)6-4-10-25-23/h3-14H,2H2,1H3,(H,25,26). The molecule has 0 aliphatic carbocycles. The summed E-state index contributed by atoms with van der Waals surface area (Å²) in [5, 5.41) is 2.26. The third kappa shape index (κ3) is 2.66. The lowest BCUT2D eigenvalue weighted by Gasteiger charge is -2.11. The molecule has 5 rings (SSSR count). The summed E-state index contributed by atoms with van der Waals surface area (Å²) in [6, 6.07) is 16.8. The fourth-order valence-corrected chi connectivity index (χ4v) is 3.58. The van der Waals surface area contributed by atoms with Gasteiger partial charge in [0.2, 0.25) is 0 Å². The molecule has 4 heterocycles. The Balaban J connectivity index is 1.78. The number of aromatic amines is 1. The maximum absolute atomic E-state index is 4.82. The smallest absolute Gasteiger partial charge is 0.137 e. The van der Waals surface area contributed by atoms with Crippen molar-refractivity contribution in [3.05, 3.63) is 79.0 Å². The van der Waals surface area contributed by atoms with Gasteiger partial charge in [0.1, 0.15) is 5.65 Å². The van der Waals surface area contributed by atoms with Crippen molar-refractivity contribution in [3.63, 3.8) is 0 Å². The number of H-pyrrole nitrogens is 1. The lowest BCUT2D eigenvalue weighted by molar-refractivity contribution is 1.06. The van der Waals surface area contributed by atoms with Crippen LogP contribution in [0.3, 0.4) is 0 Å². The van der Waals surface area contributed by atoms with E-state index in [9.17, 15) is 0 Å². The van der Waals surface area contributed by atoms with E-state index in [1.165, 1.54) is 5.56 Å². The van der Waals surface area contributed by atoms with Crippen molar-refractivity contribution < 1.29 is 0 Å². The van der Waals surface area contributed by atoms with E-state index in [-0.39, 0.29) is 0 Å². The molecule has 0 radical (unpaired) electrons. The highest BCUT2D eigenvalue weighted by Crippen LogP contribution is 2.34. The number of aryl methyl sites for hydroxylation is 1. The molecule has 1 aromatic carbocycles. The van der Waals surface area contributed by atoms with E-state index < -0.39 is 0 Å². The highest BCUT2D eigenvalue weighted by Gasteiger charge is 2.12. The average molecular weight is 350 g/mol. The number of aromatic nitrogens is 4. The number of fused-ring (bicyclic) bond motifs is 2. The Labute approximate surface area is 157 Å². The third-order valence-corrected chi connectivity index (χ3v) is 4.96. The molecule has 0 saturated carbocycles.